The molecule has 1 heterocycles. The molecule has 0 saturated carbocycles. The third kappa shape index (κ3) is 3.17. The first-order chi connectivity index (χ1) is 8.60. The highest BCUT2D eigenvalue weighted by molar-refractivity contribution is 7.98. The lowest BCUT2D eigenvalue weighted by Gasteiger charge is -2.12. The summed E-state index contributed by atoms with van der Waals surface area (Å²) in [5, 5.41) is 15.7. The van der Waals surface area contributed by atoms with Crippen LogP contribution >= 0.6 is 23.4 Å². The van der Waals surface area contributed by atoms with Crippen molar-refractivity contribution in [1.29, 1.82) is 0 Å². The molecule has 0 spiro atoms. The van der Waals surface area contributed by atoms with Gasteiger partial charge in [-0.25, -0.2) is 0 Å². The third-order valence-corrected chi connectivity index (χ3v) is 4.06. The minimum Gasteiger partial charge on any atom is -0.392 e. The molecule has 0 bridgehead atoms. The number of amides is 1. The fourth-order valence-electron chi connectivity index (χ4n) is 1.89. The maximum absolute atomic E-state index is 11.9. The van der Waals surface area contributed by atoms with Gasteiger partial charge in [0.15, 0.2) is 0 Å². The Kier molecular flexibility index (Phi) is 4.50. The van der Waals surface area contributed by atoms with Gasteiger partial charge in [-0.3, -0.25) is 4.79 Å². The van der Waals surface area contributed by atoms with E-state index in [0.29, 0.717) is 23.7 Å². The molecular formula is C12H15ClN2O2S. The minimum atomic E-state index is -0.441. The Hall–Kier alpha value is -0.750. The zero-order valence-corrected chi connectivity index (χ0v) is 11.5. The Labute approximate surface area is 115 Å². The molecule has 3 N–H and O–H groups in total. The van der Waals surface area contributed by atoms with Crippen LogP contribution in [0, 0.1) is 0 Å². The molecule has 98 valence electrons. The van der Waals surface area contributed by atoms with Crippen LogP contribution < -0.4 is 10.6 Å². The lowest BCUT2D eigenvalue weighted by molar-refractivity contribution is -0.117. The summed E-state index contributed by atoms with van der Waals surface area (Å²) in [4.78, 5) is 12.9. The highest BCUT2D eigenvalue weighted by Crippen LogP contribution is 2.28. The van der Waals surface area contributed by atoms with Crippen LogP contribution in [0.15, 0.2) is 23.1 Å². The molecular weight excluding hydrogens is 272 g/mol. The molecule has 0 radical (unpaired) electrons. The molecule has 1 aromatic carbocycles. The first-order valence-corrected chi connectivity index (χ1v) is 7.26. The van der Waals surface area contributed by atoms with E-state index in [-0.39, 0.29) is 11.9 Å². The quantitative estimate of drug-likeness (QED) is 0.741. The van der Waals surface area contributed by atoms with Crippen molar-refractivity contribution in [3.8, 4) is 0 Å². The van der Waals surface area contributed by atoms with Crippen molar-refractivity contribution in [2.75, 3.05) is 18.1 Å². The highest BCUT2D eigenvalue weighted by Gasteiger charge is 2.27. The van der Waals surface area contributed by atoms with Crippen molar-refractivity contribution in [3.63, 3.8) is 0 Å². The summed E-state index contributed by atoms with van der Waals surface area (Å²) in [6, 6.07) is 5.09. The highest BCUT2D eigenvalue weighted by atomic mass is 35.5. The Morgan fingerprint density at radius 3 is 2.94 bits per heavy atom. The summed E-state index contributed by atoms with van der Waals surface area (Å²) >= 11 is 7.63. The number of aliphatic hydroxyl groups is 1. The van der Waals surface area contributed by atoms with Gasteiger partial charge in [-0.1, -0.05) is 11.6 Å². The maximum atomic E-state index is 11.9. The second kappa shape index (κ2) is 5.93. The molecule has 1 amide bonds. The summed E-state index contributed by atoms with van der Waals surface area (Å²) in [6.07, 6.45) is 1.95. The van der Waals surface area contributed by atoms with Gasteiger partial charge >= 0.3 is 0 Å². The van der Waals surface area contributed by atoms with Gasteiger partial charge in [-0.15, -0.1) is 11.8 Å². The number of β-amino-alcohol motifs (C(OH)–C–C–N with tert-alkyl or cyclic N) is 1. The molecule has 1 aliphatic rings. The number of halogens is 1. The lowest BCUT2D eigenvalue weighted by Crippen LogP contribution is -2.35. The van der Waals surface area contributed by atoms with Crippen LogP contribution in [0.3, 0.4) is 0 Å². The predicted molar refractivity (Wildman–Crippen MR) is 74.3 cm³/mol. The van der Waals surface area contributed by atoms with E-state index >= 15 is 0 Å². The van der Waals surface area contributed by atoms with Gasteiger partial charge in [0.05, 0.1) is 17.2 Å². The molecule has 0 aliphatic carbocycles. The van der Waals surface area contributed by atoms with E-state index in [9.17, 15) is 9.90 Å². The Bertz CT molecular complexity index is 456. The molecule has 1 aliphatic heterocycles. The summed E-state index contributed by atoms with van der Waals surface area (Å²) < 4.78 is 0. The number of hydrogen-bond acceptors (Lipinski definition) is 4. The number of hydrogen-bond donors (Lipinski definition) is 3. The van der Waals surface area contributed by atoms with E-state index < -0.39 is 6.10 Å². The van der Waals surface area contributed by atoms with Crippen LogP contribution in [0.25, 0.3) is 0 Å². The van der Waals surface area contributed by atoms with Crippen LogP contribution in [-0.2, 0) is 4.79 Å². The first kappa shape index (κ1) is 13.7. The molecule has 2 atom stereocenters. The maximum Gasteiger partial charge on any atom is 0.241 e. The average molecular weight is 287 g/mol. The Morgan fingerprint density at radius 1 is 1.61 bits per heavy atom. The standard InChI is InChI=1S/C12H15ClN2O2S/c1-18-11-3-2-7(4-9(11)13)15-12(17)10-5-8(16)6-14-10/h2-4,8,10,14,16H,5-6H2,1H3,(H,15,17). The largest absolute Gasteiger partial charge is 0.392 e. The van der Waals surface area contributed by atoms with Crippen molar-refractivity contribution in [2.45, 2.75) is 23.5 Å². The van der Waals surface area contributed by atoms with Gasteiger partial charge in [0.25, 0.3) is 0 Å². The van der Waals surface area contributed by atoms with E-state index in [0.717, 1.165) is 4.90 Å². The smallest absolute Gasteiger partial charge is 0.241 e. The van der Waals surface area contributed by atoms with E-state index in [1.165, 1.54) is 0 Å². The number of carbonyl (C=O) groups is 1. The van der Waals surface area contributed by atoms with Crippen LogP contribution in [0.4, 0.5) is 5.69 Å². The summed E-state index contributed by atoms with van der Waals surface area (Å²) in [7, 11) is 0. The number of aliphatic hydroxyl groups excluding tert-OH is 1. The van der Waals surface area contributed by atoms with Crippen molar-refractivity contribution in [3.05, 3.63) is 23.2 Å². The normalized spacial score (nSPS) is 23.1. The van der Waals surface area contributed by atoms with Crippen molar-refractivity contribution in [2.24, 2.45) is 0 Å². The van der Waals surface area contributed by atoms with Crippen molar-refractivity contribution >= 4 is 35.0 Å². The summed E-state index contributed by atoms with van der Waals surface area (Å²) in [5.41, 5.74) is 0.672. The number of nitrogens with one attached hydrogen (secondary N) is 2. The Balaban J connectivity index is 2.01. The molecule has 1 fully saturated rings. The van der Waals surface area contributed by atoms with Crippen LogP contribution in [0.2, 0.25) is 5.02 Å². The zero-order valence-electron chi connectivity index (χ0n) is 9.94. The van der Waals surface area contributed by atoms with Crippen molar-refractivity contribution < 1.29 is 9.90 Å². The van der Waals surface area contributed by atoms with Gasteiger partial charge in [-0.05, 0) is 30.9 Å². The van der Waals surface area contributed by atoms with Crippen LogP contribution in [-0.4, -0.2) is 36.0 Å². The van der Waals surface area contributed by atoms with Gasteiger partial charge in [0.2, 0.25) is 5.91 Å². The summed E-state index contributed by atoms with van der Waals surface area (Å²) in [5.74, 6) is -0.139. The van der Waals surface area contributed by atoms with Crippen LogP contribution in [0.1, 0.15) is 6.42 Å². The number of anilines is 1. The van der Waals surface area contributed by atoms with E-state index in [1.54, 1.807) is 17.8 Å². The molecule has 4 nitrogen and oxygen atoms in total. The van der Waals surface area contributed by atoms with Crippen molar-refractivity contribution in [1.82, 2.24) is 5.32 Å². The van der Waals surface area contributed by atoms with Crippen LogP contribution in [0.5, 0.6) is 0 Å². The summed E-state index contributed by atoms with van der Waals surface area (Å²) in [6.45, 7) is 0.463. The lowest BCUT2D eigenvalue weighted by atomic mass is 10.2. The zero-order chi connectivity index (χ0) is 13.1. The number of benzene rings is 1. The molecule has 2 unspecified atom stereocenters. The fraction of sp³-hybridized carbons (Fsp3) is 0.417. The molecule has 6 heteroatoms. The average Bonchev–Trinajstić information content (AvgIpc) is 2.76. The molecule has 1 saturated heterocycles. The SMILES string of the molecule is CSc1ccc(NC(=O)C2CC(O)CN2)cc1Cl. The first-order valence-electron chi connectivity index (χ1n) is 5.66. The van der Waals surface area contributed by atoms with Gasteiger partial charge in [-0.2, -0.15) is 0 Å². The predicted octanol–water partition coefficient (Wildman–Crippen LogP) is 1.72. The Morgan fingerprint density at radius 2 is 2.39 bits per heavy atom. The second-order valence-corrected chi connectivity index (χ2v) is 5.44. The second-order valence-electron chi connectivity index (χ2n) is 4.19. The molecule has 2 rings (SSSR count). The fourth-order valence-corrected chi connectivity index (χ4v) is 2.76. The van der Waals surface area contributed by atoms with Gasteiger partial charge in [0, 0.05) is 17.1 Å². The van der Waals surface area contributed by atoms with Gasteiger partial charge in [0.1, 0.15) is 0 Å². The molecule has 1 aromatic rings. The van der Waals surface area contributed by atoms with E-state index in [4.69, 9.17) is 11.6 Å². The monoisotopic (exact) mass is 286 g/mol. The number of thioether (sulfide) groups is 1. The molecule has 18 heavy (non-hydrogen) atoms. The van der Waals surface area contributed by atoms with Gasteiger partial charge < -0.3 is 15.7 Å². The third-order valence-electron chi connectivity index (χ3n) is 2.84. The number of carbonyl (C=O) groups excluding carboxylic acids is 1. The number of rotatable bonds is 3. The van der Waals surface area contributed by atoms with E-state index in [1.807, 2.05) is 18.4 Å². The topological polar surface area (TPSA) is 61.4 Å². The molecule has 0 aromatic heterocycles. The van der Waals surface area contributed by atoms with E-state index in [2.05, 4.69) is 10.6 Å². The minimum absolute atomic E-state index is 0.139.